The van der Waals surface area contributed by atoms with Crippen molar-refractivity contribution in [2.45, 2.75) is 19.9 Å². The Bertz CT molecular complexity index is 477. The van der Waals surface area contributed by atoms with Gasteiger partial charge in [-0.25, -0.2) is 0 Å². The van der Waals surface area contributed by atoms with E-state index in [0.29, 0.717) is 0 Å². The number of nitro benzene ring substituents is 1. The normalized spacial score (nSPS) is 12.3. The molecule has 1 amide bonds. The van der Waals surface area contributed by atoms with Crippen molar-refractivity contribution >= 4 is 28.9 Å². The van der Waals surface area contributed by atoms with Gasteiger partial charge >= 0.3 is 0 Å². The van der Waals surface area contributed by atoms with Crippen LogP contribution in [0.5, 0.6) is 0 Å². The maximum Gasteiger partial charge on any atom is 0.290 e. The maximum absolute atomic E-state index is 11.7. The Kier molecular flexibility index (Phi) is 4.63. The van der Waals surface area contributed by atoms with Crippen LogP contribution >= 0.6 is 11.6 Å². The Morgan fingerprint density at radius 1 is 1.50 bits per heavy atom. The van der Waals surface area contributed by atoms with Crippen LogP contribution in [0.1, 0.15) is 13.8 Å². The number of anilines is 1. The fourth-order valence-electron chi connectivity index (χ4n) is 1.28. The minimum atomic E-state index is -0.694. The fourth-order valence-corrected chi connectivity index (χ4v) is 1.52. The smallest absolute Gasteiger partial charge is 0.290 e. The molecule has 0 unspecified atom stereocenters. The molecule has 7 heteroatoms. The van der Waals surface area contributed by atoms with Gasteiger partial charge in [-0.1, -0.05) is 31.5 Å². The van der Waals surface area contributed by atoms with E-state index in [2.05, 4.69) is 5.32 Å². The monoisotopic (exact) mass is 271 g/mol. The topological polar surface area (TPSA) is 98.3 Å². The third-order valence-corrected chi connectivity index (χ3v) is 2.85. The second kappa shape index (κ2) is 5.79. The van der Waals surface area contributed by atoms with Gasteiger partial charge in [-0.15, -0.1) is 0 Å². The molecule has 18 heavy (non-hydrogen) atoms. The molecule has 98 valence electrons. The molecule has 0 bridgehead atoms. The molecule has 0 aromatic heterocycles. The number of hydrogen-bond acceptors (Lipinski definition) is 4. The number of nitrogens with zero attached hydrogens (tertiary/aromatic N) is 1. The van der Waals surface area contributed by atoms with Gasteiger partial charge in [0.05, 0.1) is 16.7 Å². The minimum absolute atomic E-state index is 0.0394. The molecule has 0 aliphatic rings. The number of benzene rings is 1. The zero-order valence-corrected chi connectivity index (χ0v) is 10.8. The number of nitrogens with one attached hydrogen (secondary N) is 1. The van der Waals surface area contributed by atoms with Crippen LogP contribution in [0, 0.1) is 16.0 Å². The molecule has 0 radical (unpaired) electrons. The average molecular weight is 272 g/mol. The summed E-state index contributed by atoms with van der Waals surface area (Å²) in [5.41, 5.74) is 5.60. The van der Waals surface area contributed by atoms with Crippen LogP contribution < -0.4 is 11.1 Å². The van der Waals surface area contributed by atoms with Crippen molar-refractivity contribution in [3.8, 4) is 0 Å². The highest BCUT2D eigenvalue weighted by atomic mass is 35.5. The summed E-state index contributed by atoms with van der Waals surface area (Å²) in [5, 5.41) is 13.1. The van der Waals surface area contributed by atoms with Gasteiger partial charge in [-0.05, 0) is 12.0 Å². The SMILES string of the molecule is CC(C)[C@H](N)C(=O)Nc1cccc([N+](=O)[O-])c1Cl. The van der Waals surface area contributed by atoms with Gasteiger partial charge in [0.2, 0.25) is 5.91 Å². The van der Waals surface area contributed by atoms with Crippen LogP contribution in [0.15, 0.2) is 18.2 Å². The Morgan fingerprint density at radius 2 is 2.11 bits per heavy atom. The summed E-state index contributed by atoms with van der Waals surface area (Å²) in [5.74, 6) is -0.463. The number of nitro groups is 1. The van der Waals surface area contributed by atoms with E-state index in [-0.39, 0.29) is 22.3 Å². The van der Waals surface area contributed by atoms with E-state index in [0.717, 1.165) is 0 Å². The van der Waals surface area contributed by atoms with Crippen LogP contribution in [-0.4, -0.2) is 16.9 Å². The Balaban J connectivity index is 2.96. The molecule has 0 aliphatic carbocycles. The summed E-state index contributed by atoms with van der Waals surface area (Å²) >= 11 is 5.83. The average Bonchev–Trinajstić information content (AvgIpc) is 2.30. The second-order valence-corrected chi connectivity index (χ2v) is 4.53. The van der Waals surface area contributed by atoms with Crippen LogP contribution in [0.4, 0.5) is 11.4 Å². The summed E-state index contributed by atoms with van der Waals surface area (Å²) in [6.45, 7) is 3.61. The summed E-state index contributed by atoms with van der Waals surface area (Å²) in [6.07, 6.45) is 0. The van der Waals surface area contributed by atoms with E-state index < -0.39 is 16.9 Å². The van der Waals surface area contributed by atoms with Crippen molar-refractivity contribution < 1.29 is 9.72 Å². The van der Waals surface area contributed by atoms with Crippen molar-refractivity contribution in [2.24, 2.45) is 11.7 Å². The lowest BCUT2D eigenvalue weighted by Gasteiger charge is -2.15. The molecular formula is C11H14ClN3O3. The molecule has 0 fully saturated rings. The zero-order chi connectivity index (χ0) is 13.9. The van der Waals surface area contributed by atoms with E-state index >= 15 is 0 Å². The number of amides is 1. The lowest BCUT2D eigenvalue weighted by molar-refractivity contribution is -0.384. The van der Waals surface area contributed by atoms with Crippen LogP contribution in [0.25, 0.3) is 0 Å². The molecule has 1 aromatic rings. The molecule has 1 aromatic carbocycles. The largest absolute Gasteiger partial charge is 0.323 e. The first-order valence-electron chi connectivity index (χ1n) is 5.34. The summed E-state index contributed by atoms with van der Waals surface area (Å²) < 4.78 is 0. The van der Waals surface area contributed by atoms with E-state index in [1.165, 1.54) is 18.2 Å². The molecule has 0 heterocycles. The van der Waals surface area contributed by atoms with E-state index in [1.807, 2.05) is 0 Å². The number of hydrogen-bond donors (Lipinski definition) is 2. The predicted octanol–water partition coefficient (Wildman–Crippen LogP) is 2.17. The lowest BCUT2D eigenvalue weighted by atomic mass is 10.0. The fraction of sp³-hybridized carbons (Fsp3) is 0.364. The molecule has 0 aliphatic heterocycles. The Hall–Kier alpha value is -1.66. The first-order chi connectivity index (χ1) is 8.34. The number of carbonyl (C=O) groups is 1. The van der Waals surface area contributed by atoms with Crippen molar-refractivity contribution in [1.29, 1.82) is 0 Å². The first kappa shape index (κ1) is 14.4. The first-order valence-corrected chi connectivity index (χ1v) is 5.71. The second-order valence-electron chi connectivity index (χ2n) is 4.15. The number of rotatable bonds is 4. The maximum atomic E-state index is 11.7. The molecule has 1 rings (SSSR count). The number of nitrogens with two attached hydrogens (primary N) is 1. The summed E-state index contributed by atoms with van der Waals surface area (Å²) in [4.78, 5) is 21.8. The molecule has 3 N–H and O–H groups in total. The molecule has 0 saturated carbocycles. The quantitative estimate of drug-likeness (QED) is 0.647. The molecule has 1 atom stereocenters. The van der Waals surface area contributed by atoms with Crippen molar-refractivity contribution in [1.82, 2.24) is 0 Å². The van der Waals surface area contributed by atoms with Crippen molar-refractivity contribution in [3.63, 3.8) is 0 Å². The molecule has 0 spiro atoms. The highest BCUT2D eigenvalue weighted by molar-refractivity contribution is 6.35. The van der Waals surface area contributed by atoms with Gasteiger partial charge in [0.15, 0.2) is 0 Å². The van der Waals surface area contributed by atoms with E-state index in [1.54, 1.807) is 13.8 Å². The highest BCUT2D eigenvalue weighted by Crippen LogP contribution is 2.31. The van der Waals surface area contributed by atoms with Crippen LogP contribution in [0.3, 0.4) is 0 Å². The third-order valence-electron chi connectivity index (χ3n) is 2.45. The van der Waals surface area contributed by atoms with Gasteiger partial charge in [-0.3, -0.25) is 14.9 Å². The number of halogens is 1. The van der Waals surface area contributed by atoms with Crippen LogP contribution in [0.2, 0.25) is 5.02 Å². The highest BCUT2D eigenvalue weighted by Gasteiger charge is 2.21. The minimum Gasteiger partial charge on any atom is -0.323 e. The third kappa shape index (κ3) is 3.18. The zero-order valence-electron chi connectivity index (χ0n) is 10.0. The van der Waals surface area contributed by atoms with Crippen LogP contribution in [-0.2, 0) is 4.79 Å². The van der Waals surface area contributed by atoms with Gasteiger partial charge in [0, 0.05) is 6.07 Å². The molecule has 0 saturated heterocycles. The van der Waals surface area contributed by atoms with Gasteiger partial charge < -0.3 is 11.1 Å². The lowest BCUT2D eigenvalue weighted by Crippen LogP contribution is -2.39. The summed E-state index contributed by atoms with van der Waals surface area (Å²) in [6, 6.07) is 3.50. The van der Waals surface area contributed by atoms with Gasteiger partial charge in [0.1, 0.15) is 5.02 Å². The predicted molar refractivity (Wildman–Crippen MR) is 69.5 cm³/mol. The van der Waals surface area contributed by atoms with E-state index in [4.69, 9.17) is 17.3 Å². The Labute approximate surface area is 109 Å². The number of carbonyl (C=O) groups excluding carboxylic acids is 1. The van der Waals surface area contributed by atoms with Crippen molar-refractivity contribution in [3.05, 3.63) is 33.3 Å². The Morgan fingerprint density at radius 3 is 2.61 bits per heavy atom. The summed E-state index contributed by atoms with van der Waals surface area (Å²) in [7, 11) is 0. The van der Waals surface area contributed by atoms with Gasteiger partial charge in [0.25, 0.3) is 5.69 Å². The molecule has 6 nitrogen and oxygen atoms in total. The van der Waals surface area contributed by atoms with E-state index in [9.17, 15) is 14.9 Å². The van der Waals surface area contributed by atoms with Gasteiger partial charge in [-0.2, -0.15) is 0 Å². The standard InChI is InChI=1S/C11H14ClN3O3/c1-6(2)10(13)11(16)14-7-4-3-5-8(9(7)12)15(17)18/h3-6,10H,13H2,1-2H3,(H,14,16)/t10-/m0/s1. The van der Waals surface area contributed by atoms with Crippen molar-refractivity contribution in [2.75, 3.05) is 5.32 Å². The molecular weight excluding hydrogens is 258 g/mol.